The van der Waals surface area contributed by atoms with Gasteiger partial charge in [0.2, 0.25) is 5.88 Å². The third-order valence-corrected chi connectivity index (χ3v) is 5.12. The molecule has 0 atom stereocenters. The number of nitrogens with one attached hydrogen (secondary N) is 1. The molecule has 2 aromatic carbocycles. The molecule has 0 radical (unpaired) electrons. The van der Waals surface area contributed by atoms with Crippen LogP contribution in [0.1, 0.15) is 21.5 Å². The molecule has 0 fully saturated rings. The fraction of sp³-hybridized carbons (Fsp3) is 0.192. The van der Waals surface area contributed by atoms with E-state index < -0.39 is 0 Å². The molecule has 0 unspecified atom stereocenters. The first-order valence-corrected chi connectivity index (χ1v) is 10.7. The van der Waals surface area contributed by atoms with Gasteiger partial charge in [-0.25, -0.2) is 9.67 Å². The van der Waals surface area contributed by atoms with Crippen LogP contribution in [-0.4, -0.2) is 41.0 Å². The number of carbonyl (C=O) groups excluding carboxylic acids is 1. The van der Waals surface area contributed by atoms with E-state index in [-0.39, 0.29) is 12.5 Å². The molecule has 4 rings (SSSR count). The molecule has 1 N–H and O–H groups in total. The number of ether oxygens (including phenoxy) is 2. The summed E-state index contributed by atoms with van der Waals surface area (Å²) >= 11 is 0. The second kappa shape index (κ2) is 10.6. The van der Waals surface area contributed by atoms with Crippen LogP contribution in [-0.2, 0) is 11.3 Å². The molecule has 2 aromatic heterocycles. The van der Waals surface area contributed by atoms with Crippen LogP contribution in [0.25, 0.3) is 16.9 Å². The van der Waals surface area contributed by atoms with Crippen molar-refractivity contribution in [1.29, 1.82) is 0 Å². The fourth-order valence-electron chi connectivity index (χ4n) is 3.36. The van der Waals surface area contributed by atoms with Crippen molar-refractivity contribution in [2.75, 3.05) is 20.3 Å². The second-order valence-electron chi connectivity index (χ2n) is 7.53. The molecule has 2 heterocycles. The van der Waals surface area contributed by atoms with Crippen molar-refractivity contribution >= 4 is 5.91 Å². The summed E-state index contributed by atoms with van der Waals surface area (Å²) in [5.74, 6) is 0.257. The topological polar surface area (TPSA) is 78.3 Å². The van der Waals surface area contributed by atoms with Crippen LogP contribution in [0.4, 0.5) is 0 Å². The van der Waals surface area contributed by atoms with Crippen molar-refractivity contribution in [1.82, 2.24) is 20.1 Å². The zero-order chi connectivity index (χ0) is 23.0. The largest absolute Gasteiger partial charge is 0.475 e. The van der Waals surface area contributed by atoms with Crippen LogP contribution in [0.2, 0.25) is 0 Å². The number of hydrogen-bond acceptors (Lipinski definition) is 5. The van der Waals surface area contributed by atoms with E-state index in [4.69, 9.17) is 14.6 Å². The monoisotopic (exact) mass is 442 g/mol. The minimum Gasteiger partial charge on any atom is -0.475 e. The first kappa shape index (κ1) is 22.2. The summed E-state index contributed by atoms with van der Waals surface area (Å²) in [6, 6.07) is 21.4. The van der Waals surface area contributed by atoms with Crippen LogP contribution in [0.15, 0.2) is 79.1 Å². The molecule has 0 saturated carbocycles. The molecule has 0 spiro atoms. The Bertz CT molecular complexity index is 1200. The van der Waals surface area contributed by atoms with E-state index >= 15 is 0 Å². The summed E-state index contributed by atoms with van der Waals surface area (Å²) in [5, 5.41) is 7.72. The molecule has 0 aliphatic heterocycles. The van der Waals surface area contributed by atoms with Crippen LogP contribution < -0.4 is 10.1 Å². The second-order valence-corrected chi connectivity index (χ2v) is 7.53. The lowest BCUT2D eigenvalue weighted by molar-refractivity contribution is 0.0950. The first-order chi connectivity index (χ1) is 16.2. The Labute approximate surface area is 193 Å². The number of aryl methyl sites for hydroxylation is 1. The molecule has 168 valence electrons. The maximum Gasteiger partial charge on any atom is 0.255 e. The molecule has 0 aliphatic carbocycles. The number of carbonyl (C=O) groups is 1. The predicted octanol–water partition coefficient (Wildman–Crippen LogP) is 4.20. The van der Waals surface area contributed by atoms with E-state index in [2.05, 4.69) is 10.3 Å². The molecule has 4 aromatic rings. The molecule has 0 aliphatic rings. The Hall–Kier alpha value is -3.97. The van der Waals surface area contributed by atoms with E-state index in [1.807, 2.05) is 73.7 Å². The molecule has 0 saturated heterocycles. The Morgan fingerprint density at radius 3 is 2.55 bits per heavy atom. The number of hydrogen-bond donors (Lipinski definition) is 1. The van der Waals surface area contributed by atoms with Crippen LogP contribution in [0.5, 0.6) is 5.88 Å². The van der Waals surface area contributed by atoms with Gasteiger partial charge in [-0.2, -0.15) is 5.10 Å². The van der Waals surface area contributed by atoms with E-state index in [1.165, 1.54) is 0 Å². The van der Waals surface area contributed by atoms with Crippen LogP contribution >= 0.6 is 0 Å². The summed E-state index contributed by atoms with van der Waals surface area (Å²) in [5.41, 5.74) is 4.82. The highest BCUT2D eigenvalue weighted by Gasteiger charge is 2.19. The number of pyridine rings is 1. The summed E-state index contributed by atoms with van der Waals surface area (Å²) in [6.07, 6.45) is 3.42. The Kier molecular flexibility index (Phi) is 7.12. The van der Waals surface area contributed by atoms with Crippen molar-refractivity contribution in [3.05, 3.63) is 95.8 Å². The van der Waals surface area contributed by atoms with Gasteiger partial charge in [-0.3, -0.25) is 4.79 Å². The summed E-state index contributed by atoms with van der Waals surface area (Å²) < 4.78 is 12.4. The third-order valence-electron chi connectivity index (χ3n) is 5.12. The number of rotatable bonds is 9. The maximum atomic E-state index is 13.2. The summed E-state index contributed by atoms with van der Waals surface area (Å²) in [4.78, 5) is 17.5. The number of nitrogens with zero attached hydrogens (tertiary/aromatic N) is 3. The molecular formula is C26H26N4O3. The number of aromatic nitrogens is 3. The van der Waals surface area contributed by atoms with Gasteiger partial charge >= 0.3 is 0 Å². The Morgan fingerprint density at radius 1 is 1.00 bits per heavy atom. The number of benzene rings is 2. The van der Waals surface area contributed by atoms with Gasteiger partial charge in [0.1, 0.15) is 12.3 Å². The zero-order valence-electron chi connectivity index (χ0n) is 18.7. The van der Waals surface area contributed by atoms with Gasteiger partial charge in [0, 0.05) is 37.2 Å². The number of methoxy groups -OCH3 is 1. The maximum absolute atomic E-state index is 13.2. The van der Waals surface area contributed by atoms with Crippen LogP contribution in [0.3, 0.4) is 0 Å². The SMILES string of the molecule is COCCOc1ncccc1CNC(=O)c1cn(-c2ccc(C)cc2)nc1-c1ccccc1. The van der Waals surface area contributed by atoms with Crippen LogP contribution in [0, 0.1) is 6.92 Å². The molecule has 7 heteroatoms. The Balaban J connectivity index is 1.59. The molecule has 1 amide bonds. The lowest BCUT2D eigenvalue weighted by Gasteiger charge is -2.11. The molecule has 33 heavy (non-hydrogen) atoms. The van der Waals surface area contributed by atoms with Crippen molar-refractivity contribution in [2.45, 2.75) is 13.5 Å². The normalized spacial score (nSPS) is 10.7. The zero-order valence-corrected chi connectivity index (χ0v) is 18.7. The smallest absolute Gasteiger partial charge is 0.255 e. The van der Waals surface area contributed by atoms with Crippen molar-refractivity contribution in [2.24, 2.45) is 0 Å². The minimum atomic E-state index is -0.223. The number of amides is 1. The third kappa shape index (κ3) is 5.45. The molecule has 7 nitrogen and oxygen atoms in total. The van der Waals surface area contributed by atoms with Gasteiger partial charge in [-0.1, -0.05) is 54.1 Å². The fourth-order valence-corrected chi connectivity index (χ4v) is 3.36. The Morgan fingerprint density at radius 2 is 1.79 bits per heavy atom. The van der Waals surface area contributed by atoms with E-state index in [9.17, 15) is 4.79 Å². The average molecular weight is 443 g/mol. The first-order valence-electron chi connectivity index (χ1n) is 10.7. The average Bonchev–Trinajstić information content (AvgIpc) is 3.30. The highest BCUT2D eigenvalue weighted by atomic mass is 16.5. The lowest BCUT2D eigenvalue weighted by Crippen LogP contribution is -2.23. The van der Waals surface area contributed by atoms with Crippen molar-refractivity contribution < 1.29 is 14.3 Å². The lowest BCUT2D eigenvalue weighted by atomic mass is 10.1. The minimum absolute atomic E-state index is 0.223. The van der Waals surface area contributed by atoms with Gasteiger partial charge in [0.05, 0.1) is 17.9 Å². The predicted molar refractivity (Wildman–Crippen MR) is 127 cm³/mol. The summed E-state index contributed by atoms with van der Waals surface area (Å²) in [7, 11) is 1.62. The standard InChI is InChI=1S/C26H26N4O3/c1-19-10-12-22(13-11-19)30-18-23(24(29-30)20-7-4-3-5-8-20)25(31)28-17-21-9-6-14-27-26(21)33-16-15-32-2/h3-14,18H,15-17H2,1-2H3,(H,28,31). The summed E-state index contributed by atoms with van der Waals surface area (Å²) in [6.45, 7) is 3.16. The van der Waals surface area contributed by atoms with Gasteiger partial charge in [-0.15, -0.1) is 0 Å². The van der Waals surface area contributed by atoms with E-state index in [0.717, 1.165) is 22.4 Å². The molecular weight excluding hydrogens is 416 g/mol. The van der Waals surface area contributed by atoms with E-state index in [1.54, 1.807) is 24.2 Å². The van der Waals surface area contributed by atoms with Gasteiger partial charge in [-0.05, 0) is 25.1 Å². The van der Waals surface area contributed by atoms with Gasteiger partial charge < -0.3 is 14.8 Å². The molecule has 0 bridgehead atoms. The van der Waals surface area contributed by atoms with Gasteiger partial charge in [0.25, 0.3) is 5.91 Å². The quantitative estimate of drug-likeness (QED) is 0.393. The van der Waals surface area contributed by atoms with Crippen molar-refractivity contribution in [3.8, 4) is 22.8 Å². The van der Waals surface area contributed by atoms with Gasteiger partial charge in [0.15, 0.2) is 0 Å². The van der Waals surface area contributed by atoms with E-state index in [0.29, 0.717) is 30.4 Å². The highest BCUT2D eigenvalue weighted by Crippen LogP contribution is 2.24. The highest BCUT2D eigenvalue weighted by molar-refractivity contribution is 5.99. The van der Waals surface area contributed by atoms with Crippen molar-refractivity contribution in [3.63, 3.8) is 0 Å².